The number of halogens is 3. The number of rotatable bonds is 2. The zero-order valence-corrected chi connectivity index (χ0v) is 11.5. The van der Waals surface area contributed by atoms with Gasteiger partial charge in [0, 0.05) is 0 Å². The molecular weight excluding hydrogens is 297 g/mol. The molecule has 3 aromatic rings. The van der Waals surface area contributed by atoms with Crippen LogP contribution in [0.5, 0.6) is 0 Å². The summed E-state index contributed by atoms with van der Waals surface area (Å²) in [6, 6.07) is 5.28. The van der Waals surface area contributed by atoms with E-state index in [-0.39, 0.29) is 28.7 Å². The largest absolute Gasteiger partial charge is 0.416 e. The lowest BCUT2D eigenvalue weighted by molar-refractivity contribution is -0.138. The van der Waals surface area contributed by atoms with E-state index in [9.17, 15) is 18.0 Å². The van der Waals surface area contributed by atoms with Gasteiger partial charge in [-0.15, -0.1) is 0 Å². The molecule has 0 saturated heterocycles. The number of alkyl halides is 3. The number of aromatic nitrogens is 4. The van der Waals surface area contributed by atoms with Gasteiger partial charge >= 0.3 is 6.18 Å². The maximum atomic E-state index is 13.0. The first-order valence-electron chi connectivity index (χ1n) is 6.44. The van der Waals surface area contributed by atoms with Gasteiger partial charge in [0.05, 0.1) is 24.1 Å². The Kier molecular flexibility index (Phi) is 3.23. The predicted molar refractivity (Wildman–Crippen MR) is 73.4 cm³/mol. The molecule has 22 heavy (non-hydrogen) atoms. The molecule has 0 radical (unpaired) electrons. The number of fused-ring (bicyclic) bond motifs is 1. The zero-order chi connectivity index (χ0) is 15.9. The second-order valence-corrected chi connectivity index (χ2v) is 4.83. The molecule has 0 aliphatic carbocycles. The maximum Gasteiger partial charge on any atom is 0.416 e. The molecule has 1 N–H and O–H groups in total. The molecule has 0 unspecified atom stereocenters. The Morgan fingerprint density at radius 2 is 2.00 bits per heavy atom. The molecule has 0 fully saturated rings. The number of hydrogen-bond donors (Lipinski definition) is 1. The van der Waals surface area contributed by atoms with Crippen molar-refractivity contribution in [1.29, 1.82) is 0 Å². The van der Waals surface area contributed by atoms with Crippen LogP contribution in [0.2, 0.25) is 0 Å². The van der Waals surface area contributed by atoms with Crippen LogP contribution in [0.3, 0.4) is 0 Å². The van der Waals surface area contributed by atoms with Gasteiger partial charge in [0.1, 0.15) is 5.39 Å². The fourth-order valence-electron chi connectivity index (χ4n) is 2.40. The molecule has 3 rings (SSSR count). The van der Waals surface area contributed by atoms with Gasteiger partial charge in [-0.1, -0.05) is 18.2 Å². The average molecular weight is 308 g/mol. The van der Waals surface area contributed by atoms with E-state index >= 15 is 0 Å². The Balaban J connectivity index is 2.13. The summed E-state index contributed by atoms with van der Waals surface area (Å²) in [5.41, 5.74) is -0.326. The summed E-state index contributed by atoms with van der Waals surface area (Å²) in [5, 5.41) is 4.42. The van der Waals surface area contributed by atoms with E-state index in [0.29, 0.717) is 5.69 Å². The summed E-state index contributed by atoms with van der Waals surface area (Å²) in [6.45, 7) is 1.50. The van der Waals surface area contributed by atoms with Crippen LogP contribution < -0.4 is 5.56 Å². The van der Waals surface area contributed by atoms with Crippen LogP contribution in [-0.2, 0) is 12.7 Å². The third-order valence-electron chi connectivity index (χ3n) is 3.35. The summed E-state index contributed by atoms with van der Waals surface area (Å²) in [6.07, 6.45) is -3.24. The van der Waals surface area contributed by atoms with Gasteiger partial charge in [0.2, 0.25) is 0 Å². The molecule has 2 aromatic heterocycles. The highest BCUT2D eigenvalue weighted by Crippen LogP contribution is 2.32. The van der Waals surface area contributed by atoms with E-state index < -0.39 is 11.7 Å². The summed E-state index contributed by atoms with van der Waals surface area (Å²) >= 11 is 0. The number of nitrogens with zero attached hydrogens (tertiary/aromatic N) is 3. The first-order valence-corrected chi connectivity index (χ1v) is 6.44. The number of aromatic amines is 1. The molecule has 114 valence electrons. The average Bonchev–Trinajstić information content (AvgIpc) is 2.76. The van der Waals surface area contributed by atoms with Crippen LogP contribution in [0.25, 0.3) is 11.0 Å². The second kappa shape index (κ2) is 4.97. The molecule has 0 aliphatic heterocycles. The van der Waals surface area contributed by atoms with Gasteiger partial charge < -0.3 is 4.98 Å². The van der Waals surface area contributed by atoms with Crippen molar-refractivity contribution in [1.82, 2.24) is 19.7 Å². The van der Waals surface area contributed by atoms with E-state index in [4.69, 9.17) is 0 Å². The molecule has 0 bridgehead atoms. The van der Waals surface area contributed by atoms with Crippen LogP contribution in [0.1, 0.15) is 16.8 Å². The van der Waals surface area contributed by atoms with E-state index in [1.165, 1.54) is 29.2 Å². The van der Waals surface area contributed by atoms with Gasteiger partial charge in [-0.05, 0) is 18.6 Å². The highest BCUT2D eigenvalue weighted by Gasteiger charge is 2.33. The normalized spacial score (nSPS) is 12.0. The van der Waals surface area contributed by atoms with Crippen LogP contribution in [0, 0.1) is 6.92 Å². The number of H-pyrrole nitrogens is 1. The van der Waals surface area contributed by atoms with Crippen molar-refractivity contribution in [2.75, 3.05) is 0 Å². The fraction of sp³-hybridized carbons (Fsp3) is 0.214. The molecule has 0 saturated carbocycles. The van der Waals surface area contributed by atoms with Gasteiger partial charge in [0.15, 0.2) is 5.65 Å². The number of hydrogen-bond acceptors (Lipinski definition) is 3. The minimum absolute atomic E-state index is 0.0708. The summed E-state index contributed by atoms with van der Waals surface area (Å²) in [5.74, 6) is 0. The Bertz CT molecular complexity index is 895. The second-order valence-electron chi connectivity index (χ2n) is 4.83. The molecule has 2 heterocycles. The third-order valence-corrected chi connectivity index (χ3v) is 3.35. The fourth-order valence-corrected chi connectivity index (χ4v) is 2.40. The van der Waals surface area contributed by atoms with Gasteiger partial charge in [-0.3, -0.25) is 4.79 Å². The number of aryl methyl sites for hydroxylation is 1. The van der Waals surface area contributed by atoms with E-state index in [1.54, 1.807) is 6.92 Å². The van der Waals surface area contributed by atoms with E-state index in [0.717, 1.165) is 6.07 Å². The highest BCUT2D eigenvalue weighted by atomic mass is 19.4. The minimum atomic E-state index is -4.44. The quantitative estimate of drug-likeness (QED) is 0.791. The number of benzene rings is 1. The Morgan fingerprint density at radius 3 is 2.73 bits per heavy atom. The lowest BCUT2D eigenvalue weighted by Crippen LogP contribution is -2.13. The van der Waals surface area contributed by atoms with Crippen molar-refractivity contribution >= 4 is 11.0 Å². The lowest BCUT2D eigenvalue weighted by Gasteiger charge is -2.12. The van der Waals surface area contributed by atoms with Crippen LogP contribution in [0.4, 0.5) is 13.2 Å². The molecule has 0 spiro atoms. The van der Waals surface area contributed by atoms with Crippen molar-refractivity contribution < 1.29 is 13.2 Å². The van der Waals surface area contributed by atoms with Crippen molar-refractivity contribution in [3.05, 3.63) is 57.8 Å². The zero-order valence-electron chi connectivity index (χ0n) is 11.5. The summed E-state index contributed by atoms with van der Waals surface area (Å²) in [4.78, 5) is 18.2. The Hall–Kier alpha value is -2.64. The first kappa shape index (κ1) is 14.3. The Morgan fingerprint density at radius 1 is 1.27 bits per heavy atom. The molecule has 0 aliphatic rings. The van der Waals surface area contributed by atoms with Crippen molar-refractivity contribution in [2.24, 2.45) is 0 Å². The standard InChI is InChI=1S/C14H11F3N4O/c1-8-11-12(18-7-19-13(11)22)21(20-8)6-9-4-2-3-5-10(9)14(15,16)17/h2-5,7H,6H2,1H3,(H,18,19,22). The van der Waals surface area contributed by atoms with E-state index in [1.807, 2.05) is 0 Å². The van der Waals surface area contributed by atoms with E-state index in [2.05, 4.69) is 15.1 Å². The molecule has 0 atom stereocenters. The Labute approximate surface area is 122 Å². The summed E-state index contributed by atoms with van der Waals surface area (Å²) in [7, 11) is 0. The summed E-state index contributed by atoms with van der Waals surface area (Å²) < 4.78 is 40.4. The van der Waals surface area contributed by atoms with Crippen LogP contribution in [-0.4, -0.2) is 19.7 Å². The molecule has 8 heteroatoms. The minimum Gasteiger partial charge on any atom is -0.312 e. The predicted octanol–water partition coefficient (Wildman–Crippen LogP) is 2.50. The molecule has 0 amide bonds. The topological polar surface area (TPSA) is 63.6 Å². The van der Waals surface area contributed by atoms with Gasteiger partial charge in [-0.2, -0.15) is 18.3 Å². The molecule has 5 nitrogen and oxygen atoms in total. The third kappa shape index (κ3) is 2.36. The molecular formula is C14H11F3N4O. The van der Waals surface area contributed by atoms with Crippen molar-refractivity contribution in [3.8, 4) is 0 Å². The van der Waals surface area contributed by atoms with Crippen molar-refractivity contribution in [2.45, 2.75) is 19.6 Å². The smallest absolute Gasteiger partial charge is 0.312 e. The number of nitrogens with one attached hydrogen (secondary N) is 1. The van der Waals surface area contributed by atoms with Crippen LogP contribution in [0.15, 0.2) is 35.4 Å². The lowest BCUT2D eigenvalue weighted by atomic mass is 10.1. The van der Waals surface area contributed by atoms with Crippen molar-refractivity contribution in [3.63, 3.8) is 0 Å². The SMILES string of the molecule is Cc1nn(Cc2ccccc2C(F)(F)F)c2nc[nH]c(=O)c12. The molecule has 1 aromatic carbocycles. The highest BCUT2D eigenvalue weighted by molar-refractivity contribution is 5.76. The maximum absolute atomic E-state index is 13.0. The van der Waals surface area contributed by atoms with Gasteiger partial charge in [0.25, 0.3) is 5.56 Å². The van der Waals surface area contributed by atoms with Gasteiger partial charge in [-0.25, -0.2) is 9.67 Å². The first-order chi connectivity index (χ1) is 10.4. The van der Waals surface area contributed by atoms with Crippen LogP contribution >= 0.6 is 0 Å². The monoisotopic (exact) mass is 308 g/mol.